The van der Waals surface area contributed by atoms with Crippen molar-refractivity contribution in [1.29, 1.82) is 0 Å². The van der Waals surface area contributed by atoms with Crippen LogP contribution in [0.15, 0.2) is 23.3 Å². The molecule has 0 heterocycles. The zero-order valence-corrected chi connectivity index (χ0v) is 16.0. The van der Waals surface area contributed by atoms with E-state index in [0.29, 0.717) is 0 Å². The molecule has 0 saturated heterocycles. The average molecular weight is 606 g/mol. The number of rotatable bonds is 10. The lowest BCUT2D eigenvalue weighted by atomic mass is 10.0. The van der Waals surface area contributed by atoms with Gasteiger partial charge in [0, 0.05) is 0 Å². The summed E-state index contributed by atoms with van der Waals surface area (Å²) in [5.74, 6) is -43.3. The molecular weight excluding hydrogens is 605 g/mol. The zero-order valence-electron chi connectivity index (χ0n) is 15.2. The molecule has 0 aromatic heterocycles. The third-order valence-corrected chi connectivity index (χ3v) is 3.72. The summed E-state index contributed by atoms with van der Waals surface area (Å²) < 4.78 is 274. The van der Waals surface area contributed by atoms with E-state index in [2.05, 4.69) is 0 Å². The first-order valence-corrected chi connectivity index (χ1v) is 8.57. The van der Waals surface area contributed by atoms with Crippen molar-refractivity contribution in [2.45, 2.75) is 41.8 Å². The minimum Gasteiger partial charge on any atom is -0.279 e. The molecule has 0 atom stereocenters. The fourth-order valence-corrected chi connectivity index (χ4v) is 1.58. The number of hydrogen-bond acceptors (Lipinski definition) is 4. The maximum atomic E-state index is 13.2. The van der Waals surface area contributed by atoms with Crippen molar-refractivity contribution >= 4 is 10.1 Å². The van der Waals surface area contributed by atoms with Gasteiger partial charge in [-0.25, -0.2) is 22.6 Å². The highest BCUT2D eigenvalue weighted by Crippen LogP contribution is 2.56. The fourth-order valence-electron chi connectivity index (χ4n) is 1.38. The molecule has 0 aliphatic carbocycles. The highest BCUT2D eigenvalue weighted by Gasteiger charge is 2.83. The normalized spacial score (nSPS) is 17.1. The van der Waals surface area contributed by atoms with Crippen molar-refractivity contribution in [3.8, 4) is 0 Å². The predicted octanol–water partition coefficient (Wildman–Crippen LogP) is 6.37. The molecule has 36 heavy (non-hydrogen) atoms. The minimum atomic E-state index is -8.10. The van der Waals surface area contributed by atoms with Gasteiger partial charge >= 0.3 is 51.9 Å². The highest BCUT2D eigenvalue weighted by molar-refractivity contribution is 7.86. The van der Waals surface area contributed by atoms with Gasteiger partial charge in [-0.05, 0) is 0 Å². The third-order valence-electron chi connectivity index (χ3n) is 3.04. The monoisotopic (exact) mass is 606 g/mol. The van der Waals surface area contributed by atoms with E-state index in [4.69, 9.17) is 4.55 Å². The smallest absolute Gasteiger partial charge is 0.279 e. The Morgan fingerprint density at radius 1 is 0.583 bits per heavy atom. The number of allylic oxidation sites excluding steroid dienone is 3. The van der Waals surface area contributed by atoms with Crippen LogP contribution in [-0.4, -0.2) is 54.8 Å². The van der Waals surface area contributed by atoms with Gasteiger partial charge in [0.15, 0.2) is 5.83 Å². The molecule has 0 fully saturated rings. The van der Waals surface area contributed by atoms with Gasteiger partial charge in [-0.1, -0.05) is 0 Å². The number of alkyl halides is 15. The van der Waals surface area contributed by atoms with E-state index >= 15 is 0 Å². The summed E-state index contributed by atoms with van der Waals surface area (Å²) in [7, 11) is -7.06. The Morgan fingerprint density at radius 3 is 1.28 bits per heavy atom. The van der Waals surface area contributed by atoms with Crippen molar-refractivity contribution in [3.05, 3.63) is 23.3 Å². The Balaban J connectivity index is 6.53. The molecule has 0 unspecified atom stereocenters. The van der Waals surface area contributed by atoms with Crippen LogP contribution < -0.4 is 0 Å². The maximum Gasteiger partial charge on any atom is 0.496 e. The van der Waals surface area contributed by atoms with Crippen LogP contribution in [0.5, 0.6) is 0 Å². The second-order valence-corrected chi connectivity index (χ2v) is 7.02. The molecule has 0 radical (unpaired) electrons. The Kier molecular flexibility index (Phi) is 8.85. The second-order valence-electron chi connectivity index (χ2n) is 5.60. The van der Waals surface area contributed by atoms with Gasteiger partial charge in [-0.3, -0.25) is 4.55 Å². The van der Waals surface area contributed by atoms with E-state index < -0.39 is 75.2 Å². The van der Waals surface area contributed by atoms with E-state index in [-0.39, 0.29) is 0 Å². The molecule has 0 spiro atoms. The summed E-state index contributed by atoms with van der Waals surface area (Å²) in [6.45, 7) is 0. The van der Waals surface area contributed by atoms with Gasteiger partial charge in [0.05, 0.1) is 0 Å². The molecule has 0 saturated carbocycles. The van der Waals surface area contributed by atoms with Crippen LogP contribution in [0.25, 0.3) is 0 Å². The maximum absolute atomic E-state index is 13.2. The van der Waals surface area contributed by atoms with Crippen molar-refractivity contribution in [3.63, 3.8) is 0 Å². The van der Waals surface area contributed by atoms with Gasteiger partial charge in [-0.15, -0.1) is 8.78 Å². The van der Waals surface area contributed by atoms with E-state index in [1.165, 1.54) is 0 Å². The molecule has 0 aliphatic rings. The van der Waals surface area contributed by atoms with E-state index in [0.717, 1.165) is 0 Å². The van der Waals surface area contributed by atoms with Gasteiger partial charge < -0.3 is 0 Å². The quantitative estimate of drug-likeness (QED) is 0.136. The van der Waals surface area contributed by atoms with Gasteiger partial charge in [0.1, 0.15) is 0 Å². The number of hydrogen-bond donors (Lipinski definition) is 1. The average Bonchev–Trinajstić information content (AvgIpc) is 2.61. The van der Waals surface area contributed by atoms with Crippen molar-refractivity contribution < 1.29 is 106 Å². The van der Waals surface area contributed by atoms with Crippen molar-refractivity contribution in [2.24, 2.45) is 0 Å². The lowest BCUT2D eigenvalue weighted by Gasteiger charge is -2.32. The molecule has 0 rings (SSSR count). The first-order chi connectivity index (χ1) is 15.3. The number of halogens is 19. The standard InChI is InChI=1S/C11HF19O5S/c12-1(3(14)5(16,17)7(20,21)8(22,23)9(24,25)26)2(13)4(15)6(18,19)34-10(27,28)35-11(29,30)36(31,32)33/h(H,31,32,33). The molecule has 0 amide bonds. The summed E-state index contributed by atoms with van der Waals surface area (Å²) >= 11 is 0. The molecule has 5 nitrogen and oxygen atoms in total. The van der Waals surface area contributed by atoms with Crippen LogP contribution in [0.1, 0.15) is 0 Å². The molecule has 214 valence electrons. The van der Waals surface area contributed by atoms with Crippen LogP contribution in [0.3, 0.4) is 0 Å². The lowest BCUT2D eigenvalue weighted by Crippen LogP contribution is -2.61. The zero-order chi connectivity index (χ0) is 29.7. The molecule has 0 aliphatic heterocycles. The van der Waals surface area contributed by atoms with E-state index in [9.17, 15) is 91.8 Å². The van der Waals surface area contributed by atoms with Crippen LogP contribution in [0.4, 0.5) is 83.4 Å². The van der Waals surface area contributed by atoms with Crippen molar-refractivity contribution in [2.75, 3.05) is 0 Å². The van der Waals surface area contributed by atoms with Crippen molar-refractivity contribution in [1.82, 2.24) is 0 Å². The summed E-state index contributed by atoms with van der Waals surface area (Å²) in [5, 5.41) is 0. The Bertz CT molecular complexity index is 1010. The summed E-state index contributed by atoms with van der Waals surface area (Å²) in [4.78, 5) is 0. The Morgan fingerprint density at radius 2 is 0.944 bits per heavy atom. The topological polar surface area (TPSA) is 72.8 Å². The molecular formula is C11HF19O5S. The highest BCUT2D eigenvalue weighted by atomic mass is 32.2. The molecule has 25 heteroatoms. The molecule has 1 N–H and O–H groups in total. The van der Waals surface area contributed by atoms with Crippen LogP contribution >= 0.6 is 0 Å². The predicted molar refractivity (Wildman–Crippen MR) is 67.9 cm³/mol. The number of ether oxygens (including phenoxy) is 2. The van der Waals surface area contributed by atoms with Gasteiger partial charge in [-0.2, -0.15) is 69.9 Å². The molecule has 0 bridgehead atoms. The lowest BCUT2D eigenvalue weighted by molar-refractivity contribution is -0.495. The fraction of sp³-hybridized carbons (Fsp3) is 0.636. The minimum absolute atomic E-state index is 1.69. The van der Waals surface area contributed by atoms with Gasteiger partial charge in [0.25, 0.3) is 0 Å². The molecule has 0 aromatic rings. The van der Waals surface area contributed by atoms with Gasteiger partial charge in [0.2, 0.25) is 17.5 Å². The second kappa shape index (κ2) is 9.38. The van der Waals surface area contributed by atoms with Crippen LogP contribution in [-0.2, 0) is 19.6 Å². The first-order valence-electron chi connectivity index (χ1n) is 7.13. The van der Waals surface area contributed by atoms with E-state index in [1.807, 2.05) is 0 Å². The van der Waals surface area contributed by atoms with Crippen LogP contribution in [0, 0.1) is 0 Å². The summed E-state index contributed by atoms with van der Waals surface area (Å²) in [5.41, 5.74) is -6.58. The van der Waals surface area contributed by atoms with Crippen LogP contribution in [0.2, 0.25) is 0 Å². The summed E-state index contributed by atoms with van der Waals surface area (Å²) in [6.07, 6.45) is -21.6. The largest absolute Gasteiger partial charge is 0.496 e. The Labute approximate surface area is 182 Å². The third kappa shape index (κ3) is 6.27. The summed E-state index contributed by atoms with van der Waals surface area (Å²) in [6, 6.07) is 0. The SMILES string of the molecule is O=S(=O)(O)C(F)(F)OC(F)(F)OC(F)(F)C(F)=C(F)C(F)=C(F)C(F)(F)C(F)(F)C(F)(F)C(F)(F)F. The first kappa shape index (κ1) is 34.0. The van der Waals surface area contributed by atoms with E-state index in [1.54, 1.807) is 9.47 Å². The molecule has 0 aromatic carbocycles. The Hall–Kier alpha value is -2.02.